The van der Waals surface area contributed by atoms with E-state index in [1.807, 2.05) is 19.3 Å². The minimum atomic E-state index is 0.836. The Labute approximate surface area is 112 Å². The molecular weight excluding hydrogens is 248 g/mol. The van der Waals surface area contributed by atoms with Gasteiger partial charge in [0.2, 0.25) is 0 Å². The third-order valence-corrected chi connectivity index (χ3v) is 8.74. The van der Waals surface area contributed by atoms with Crippen molar-refractivity contribution in [3.8, 4) is 0 Å². The Morgan fingerprint density at radius 3 is 2.76 bits per heavy atom. The van der Waals surface area contributed by atoms with Crippen LogP contribution in [0.5, 0.6) is 0 Å². The molecular formula is C14H20OS2. The molecule has 1 nitrogen and oxygen atoms in total. The maximum Gasteiger partial charge on any atom is 0.0912 e. The number of fused-ring (bicyclic) bond motifs is 9. The van der Waals surface area contributed by atoms with Crippen LogP contribution < -0.4 is 0 Å². The third kappa shape index (κ3) is 1.54. The average Bonchev–Trinajstić information content (AvgIpc) is 3.07. The fourth-order valence-electron chi connectivity index (χ4n) is 4.56. The van der Waals surface area contributed by atoms with Gasteiger partial charge in [0.1, 0.15) is 0 Å². The Balaban J connectivity index is 1.48. The molecule has 4 bridgehead atoms. The SMILES string of the molecule is C/C=C/OCC1CC2SC1C1C3CCC(S3)C21. The summed E-state index contributed by atoms with van der Waals surface area (Å²) in [5.74, 6) is 2.95. The van der Waals surface area contributed by atoms with Crippen molar-refractivity contribution in [2.24, 2.45) is 17.8 Å². The zero-order valence-corrected chi connectivity index (χ0v) is 11.9. The molecule has 94 valence electrons. The Hall–Kier alpha value is 0.240. The molecule has 4 fully saturated rings. The fraction of sp³-hybridized carbons (Fsp3) is 0.857. The zero-order valence-electron chi connectivity index (χ0n) is 10.2. The normalized spacial score (nSPS) is 54.8. The first-order valence-electron chi connectivity index (χ1n) is 6.92. The lowest BCUT2D eigenvalue weighted by atomic mass is 9.68. The number of hydrogen-bond acceptors (Lipinski definition) is 3. The topological polar surface area (TPSA) is 9.23 Å². The first-order chi connectivity index (χ1) is 8.38. The van der Waals surface area contributed by atoms with Crippen LogP contribution in [0.3, 0.4) is 0 Å². The monoisotopic (exact) mass is 268 g/mol. The molecule has 0 aromatic rings. The third-order valence-electron chi connectivity index (χ3n) is 5.07. The van der Waals surface area contributed by atoms with E-state index >= 15 is 0 Å². The van der Waals surface area contributed by atoms with Crippen molar-refractivity contribution in [3.05, 3.63) is 12.3 Å². The van der Waals surface area contributed by atoms with E-state index in [1.54, 1.807) is 0 Å². The van der Waals surface area contributed by atoms with E-state index in [-0.39, 0.29) is 0 Å². The second-order valence-corrected chi connectivity index (χ2v) is 8.79. The largest absolute Gasteiger partial charge is 0.501 e. The van der Waals surface area contributed by atoms with E-state index in [1.165, 1.54) is 19.3 Å². The summed E-state index contributed by atoms with van der Waals surface area (Å²) in [5, 5.41) is 3.95. The van der Waals surface area contributed by atoms with Gasteiger partial charge in [0.05, 0.1) is 12.9 Å². The molecule has 0 aliphatic carbocycles. The van der Waals surface area contributed by atoms with Crippen LogP contribution in [0, 0.1) is 17.8 Å². The molecule has 0 spiro atoms. The summed E-state index contributed by atoms with van der Waals surface area (Å²) in [5.41, 5.74) is 0. The summed E-state index contributed by atoms with van der Waals surface area (Å²) in [7, 11) is 0. The molecule has 4 saturated heterocycles. The maximum absolute atomic E-state index is 5.65. The van der Waals surface area contributed by atoms with Crippen LogP contribution in [-0.2, 0) is 4.74 Å². The summed E-state index contributed by atoms with van der Waals surface area (Å²) < 4.78 is 5.65. The van der Waals surface area contributed by atoms with Gasteiger partial charge in [-0.05, 0) is 38.0 Å². The lowest BCUT2D eigenvalue weighted by molar-refractivity contribution is 0.130. The first kappa shape index (κ1) is 11.1. The molecule has 0 amide bonds. The van der Waals surface area contributed by atoms with Gasteiger partial charge >= 0.3 is 0 Å². The van der Waals surface area contributed by atoms with Gasteiger partial charge in [-0.2, -0.15) is 23.5 Å². The van der Waals surface area contributed by atoms with Crippen molar-refractivity contribution < 1.29 is 4.74 Å². The smallest absolute Gasteiger partial charge is 0.0912 e. The molecule has 3 heteroatoms. The number of allylic oxidation sites excluding steroid dienone is 1. The second kappa shape index (κ2) is 4.12. The van der Waals surface area contributed by atoms with Crippen molar-refractivity contribution in [2.45, 2.75) is 47.2 Å². The van der Waals surface area contributed by atoms with Crippen molar-refractivity contribution in [2.75, 3.05) is 6.61 Å². The van der Waals surface area contributed by atoms with Gasteiger partial charge in [0, 0.05) is 26.9 Å². The van der Waals surface area contributed by atoms with Crippen LogP contribution in [0.15, 0.2) is 12.3 Å². The van der Waals surface area contributed by atoms with Crippen molar-refractivity contribution >= 4 is 23.5 Å². The van der Waals surface area contributed by atoms with Gasteiger partial charge in [0.25, 0.3) is 0 Å². The van der Waals surface area contributed by atoms with E-state index in [2.05, 4.69) is 23.5 Å². The highest BCUT2D eigenvalue weighted by atomic mass is 32.2. The molecule has 4 aliphatic rings. The van der Waals surface area contributed by atoms with E-state index in [0.717, 1.165) is 45.4 Å². The molecule has 0 radical (unpaired) electrons. The number of rotatable bonds is 3. The van der Waals surface area contributed by atoms with Gasteiger partial charge in [-0.3, -0.25) is 0 Å². The summed E-state index contributed by atoms with van der Waals surface area (Å²) in [6.07, 6.45) is 8.31. The quantitative estimate of drug-likeness (QED) is 0.725. The van der Waals surface area contributed by atoms with Crippen molar-refractivity contribution in [1.29, 1.82) is 0 Å². The highest BCUT2D eigenvalue weighted by Gasteiger charge is 2.63. The van der Waals surface area contributed by atoms with Crippen LogP contribution in [0.4, 0.5) is 0 Å². The van der Waals surface area contributed by atoms with Gasteiger partial charge in [-0.25, -0.2) is 0 Å². The van der Waals surface area contributed by atoms with Crippen molar-refractivity contribution in [3.63, 3.8) is 0 Å². The molecule has 4 heterocycles. The molecule has 0 N–H and O–H groups in total. The summed E-state index contributed by atoms with van der Waals surface area (Å²) in [6.45, 7) is 2.99. The molecule has 0 saturated carbocycles. The molecule has 0 aromatic heterocycles. The molecule has 7 atom stereocenters. The van der Waals surface area contributed by atoms with Gasteiger partial charge < -0.3 is 4.74 Å². The second-order valence-electron chi connectivity index (χ2n) is 5.88. The van der Waals surface area contributed by atoms with Gasteiger partial charge in [-0.15, -0.1) is 0 Å². The lowest BCUT2D eigenvalue weighted by Gasteiger charge is -2.35. The minimum absolute atomic E-state index is 0.836. The Morgan fingerprint density at radius 2 is 1.94 bits per heavy atom. The summed E-state index contributed by atoms with van der Waals surface area (Å²) >= 11 is 4.65. The van der Waals surface area contributed by atoms with E-state index < -0.39 is 0 Å². The Kier molecular flexibility index (Phi) is 2.69. The number of thioether (sulfide) groups is 2. The molecule has 17 heavy (non-hydrogen) atoms. The predicted molar refractivity (Wildman–Crippen MR) is 75.4 cm³/mol. The fourth-order valence-corrected chi connectivity index (χ4v) is 9.12. The number of ether oxygens (including phenoxy) is 1. The van der Waals surface area contributed by atoms with E-state index in [9.17, 15) is 0 Å². The number of hydrogen-bond donors (Lipinski definition) is 0. The Morgan fingerprint density at radius 1 is 1.12 bits per heavy atom. The summed E-state index contributed by atoms with van der Waals surface area (Å²) in [6, 6.07) is 0. The first-order valence-corrected chi connectivity index (χ1v) is 8.80. The van der Waals surface area contributed by atoms with Crippen LogP contribution in [0.2, 0.25) is 0 Å². The van der Waals surface area contributed by atoms with Crippen LogP contribution >= 0.6 is 23.5 Å². The average molecular weight is 268 g/mol. The zero-order chi connectivity index (χ0) is 11.4. The minimum Gasteiger partial charge on any atom is -0.501 e. The Bertz CT molecular complexity index is 343. The highest BCUT2D eigenvalue weighted by Crippen LogP contribution is 2.68. The van der Waals surface area contributed by atoms with Crippen LogP contribution in [-0.4, -0.2) is 27.6 Å². The lowest BCUT2D eigenvalue weighted by Crippen LogP contribution is -2.40. The van der Waals surface area contributed by atoms with Gasteiger partial charge in [0.15, 0.2) is 0 Å². The highest BCUT2D eigenvalue weighted by molar-refractivity contribution is 8.03. The van der Waals surface area contributed by atoms with Gasteiger partial charge in [-0.1, -0.05) is 6.08 Å². The molecule has 0 aromatic carbocycles. The standard InChI is InChI=1S/C14H20OS2/c1-2-5-15-7-8-6-11-12-9-3-4-10(16-9)13(12)14(8)17-11/h2,5,8-14H,3-4,6-7H2,1H3/b5-2+. The molecule has 7 unspecified atom stereocenters. The van der Waals surface area contributed by atoms with Crippen molar-refractivity contribution in [1.82, 2.24) is 0 Å². The van der Waals surface area contributed by atoms with E-state index in [0.29, 0.717) is 0 Å². The van der Waals surface area contributed by atoms with Crippen LogP contribution in [0.1, 0.15) is 26.2 Å². The van der Waals surface area contributed by atoms with E-state index in [4.69, 9.17) is 4.74 Å². The maximum atomic E-state index is 5.65. The predicted octanol–water partition coefficient (Wildman–Crippen LogP) is 3.55. The summed E-state index contributed by atoms with van der Waals surface area (Å²) in [4.78, 5) is 0. The molecule has 4 aliphatic heterocycles. The van der Waals surface area contributed by atoms with Crippen LogP contribution in [0.25, 0.3) is 0 Å². The molecule has 4 rings (SSSR count).